The molecule has 2 aromatic rings. The second kappa shape index (κ2) is 10.9. The number of hydrogen-bond donors (Lipinski definition) is 3. The molecule has 0 fully saturated rings. The lowest BCUT2D eigenvalue weighted by Crippen LogP contribution is -2.20. The second-order valence-electron chi connectivity index (χ2n) is 14.8. The smallest absolute Gasteiger partial charge is 0.381 e. The Hall–Kier alpha value is -2.30. The maximum atomic E-state index is 13.8. The average Bonchev–Trinajstić information content (AvgIpc) is 2.70. The number of carboxylic acid groups (broad SMARTS) is 1. The van der Waals surface area contributed by atoms with Gasteiger partial charge >= 0.3 is 13.6 Å². The van der Waals surface area contributed by atoms with E-state index in [1.165, 1.54) is 0 Å². The van der Waals surface area contributed by atoms with Gasteiger partial charge in [-0.15, -0.1) is 0 Å². The lowest BCUT2D eigenvalue weighted by atomic mass is 9.78. The summed E-state index contributed by atoms with van der Waals surface area (Å²) in [5, 5.41) is 20.3. The van der Waals surface area contributed by atoms with Gasteiger partial charge in [-0.1, -0.05) is 107 Å². The number of carbonyl (C=O) groups is 1. The van der Waals surface area contributed by atoms with E-state index in [0.29, 0.717) is 17.7 Å². The fraction of sp³-hybridized carbons (Fsp3) is 0.594. The minimum absolute atomic E-state index is 0.00106. The first-order valence-corrected chi connectivity index (χ1v) is 15.4. The van der Waals surface area contributed by atoms with Gasteiger partial charge in [0.2, 0.25) is 0 Å². The number of phenolic OH excluding ortho intramolecular Hbond substituents is 1. The number of aryl methyl sites for hydroxylation is 1. The minimum atomic E-state index is -4.21. The van der Waals surface area contributed by atoms with Crippen LogP contribution < -0.4 is 4.52 Å². The topological polar surface area (TPSA) is 104 Å². The molecule has 3 N–H and O–H groups in total. The van der Waals surface area contributed by atoms with Crippen LogP contribution in [-0.2, 0) is 43.6 Å². The van der Waals surface area contributed by atoms with Crippen molar-refractivity contribution in [3.63, 3.8) is 0 Å². The summed E-state index contributed by atoms with van der Waals surface area (Å²) in [4.78, 5) is 22.5. The first kappa shape index (κ1) is 32.9. The van der Waals surface area contributed by atoms with Crippen LogP contribution in [0.15, 0.2) is 24.3 Å². The van der Waals surface area contributed by atoms with Crippen molar-refractivity contribution in [1.82, 2.24) is 0 Å². The molecular weight excluding hydrogens is 511 g/mol. The van der Waals surface area contributed by atoms with E-state index < -0.39 is 24.4 Å². The summed E-state index contributed by atoms with van der Waals surface area (Å²) < 4.78 is 19.9. The largest absolute Gasteiger partial charge is 0.507 e. The maximum absolute atomic E-state index is 13.8. The molecule has 0 aliphatic carbocycles. The van der Waals surface area contributed by atoms with Gasteiger partial charge < -0.3 is 19.6 Å². The highest BCUT2D eigenvalue weighted by Gasteiger charge is 2.34. The number of rotatable bonds is 7. The van der Waals surface area contributed by atoms with E-state index in [2.05, 4.69) is 0 Å². The van der Waals surface area contributed by atoms with Crippen LogP contribution in [0.25, 0.3) is 0 Å². The van der Waals surface area contributed by atoms with Crippen LogP contribution in [0.5, 0.6) is 11.5 Å². The molecule has 2 rings (SSSR count). The molecule has 0 spiro atoms. The number of benzene rings is 2. The van der Waals surface area contributed by atoms with Crippen LogP contribution in [0, 0.1) is 0 Å². The standard InChI is InChI=1S/C32H49O6P/c1-29(2,3)22-17-21(18-23(27(22)35)30(4,5)6)19-39(36,37)38-28-24(31(7,8)9)15-20(13-14-26(33)34)16-25(28)32(10,11)12/h15-18,35H,13-14,19H2,1-12H3,(H,33,34)(H,36,37). The first-order valence-electron chi connectivity index (χ1n) is 13.6. The van der Waals surface area contributed by atoms with Crippen molar-refractivity contribution < 1.29 is 29.0 Å². The molecule has 0 aliphatic rings. The molecule has 1 unspecified atom stereocenters. The molecule has 7 heteroatoms. The highest BCUT2D eigenvalue weighted by molar-refractivity contribution is 7.52. The van der Waals surface area contributed by atoms with E-state index in [1.54, 1.807) is 12.1 Å². The fourth-order valence-corrected chi connectivity index (χ4v) is 5.82. The molecule has 0 heterocycles. The average molecular weight is 561 g/mol. The minimum Gasteiger partial charge on any atom is -0.507 e. The van der Waals surface area contributed by atoms with Gasteiger partial charge in [-0.05, 0) is 50.3 Å². The van der Waals surface area contributed by atoms with E-state index in [9.17, 15) is 24.5 Å². The molecule has 0 saturated carbocycles. The molecule has 218 valence electrons. The number of aliphatic carboxylic acids is 1. The Bertz CT molecular complexity index is 1190. The van der Waals surface area contributed by atoms with Crippen molar-refractivity contribution >= 4 is 13.6 Å². The Balaban J connectivity index is 2.69. The van der Waals surface area contributed by atoms with Gasteiger partial charge in [0.25, 0.3) is 0 Å². The van der Waals surface area contributed by atoms with Crippen LogP contribution in [0.3, 0.4) is 0 Å². The van der Waals surface area contributed by atoms with Crippen molar-refractivity contribution in [3.05, 3.63) is 57.6 Å². The summed E-state index contributed by atoms with van der Waals surface area (Å²) in [7, 11) is -4.21. The SMILES string of the molecule is CC(C)(C)c1cc(CP(=O)(O)Oc2c(C(C)(C)C)cc(CCC(=O)O)cc2C(C)(C)C)cc(C(C)(C)C)c1O. The zero-order valence-electron chi connectivity index (χ0n) is 25.9. The number of hydrogen-bond acceptors (Lipinski definition) is 4. The maximum Gasteiger partial charge on any atom is 0.381 e. The molecule has 39 heavy (non-hydrogen) atoms. The van der Waals surface area contributed by atoms with Crippen molar-refractivity contribution in [2.75, 3.05) is 0 Å². The normalized spacial score (nSPS) is 14.7. The predicted molar refractivity (Wildman–Crippen MR) is 159 cm³/mol. The van der Waals surface area contributed by atoms with E-state index in [0.717, 1.165) is 27.8 Å². The third kappa shape index (κ3) is 8.59. The fourth-order valence-electron chi connectivity index (χ4n) is 4.63. The monoisotopic (exact) mass is 560 g/mol. The summed E-state index contributed by atoms with van der Waals surface area (Å²) in [5.74, 6) is -0.275. The molecule has 1 atom stereocenters. The first-order chi connectivity index (χ1) is 17.3. The van der Waals surface area contributed by atoms with Crippen LogP contribution in [-0.4, -0.2) is 21.1 Å². The van der Waals surface area contributed by atoms with Gasteiger partial charge in [-0.2, -0.15) is 0 Å². The van der Waals surface area contributed by atoms with Crippen LogP contribution in [0.2, 0.25) is 0 Å². The van der Waals surface area contributed by atoms with Gasteiger partial charge in [0.1, 0.15) is 11.5 Å². The Morgan fingerprint density at radius 2 is 1.08 bits per heavy atom. The molecule has 0 amide bonds. The zero-order chi connectivity index (χ0) is 30.4. The summed E-state index contributed by atoms with van der Waals surface area (Å²) in [6.07, 6.45) is 0.142. The zero-order valence-corrected chi connectivity index (χ0v) is 26.8. The molecule has 0 radical (unpaired) electrons. The summed E-state index contributed by atoms with van der Waals surface area (Å²) >= 11 is 0. The lowest BCUT2D eigenvalue weighted by Gasteiger charge is -2.32. The van der Waals surface area contributed by atoms with Gasteiger partial charge in [0, 0.05) is 17.5 Å². The molecular formula is C32H49O6P. The van der Waals surface area contributed by atoms with Crippen molar-refractivity contribution in [1.29, 1.82) is 0 Å². The number of phenols is 1. The third-order valence-corrected chi connectivity index (χ3v) is 8.03. The Labute approximate surface area is 235 Å². The summed E-state index contributed by atoms with van der Waals surface area (Å²) in [6.45, 7) is 24.1. The second-order valence-corrected chi connectivity index (χ2v) is 16.6. The summed E-state index contributed by atoms with van der Waals surface area (Å²) in [6, 6.07) is 7.43. The highest BCUT2D eigenvalue weighted by Crippen LogP contribution is 2.53. The van der Waals surface area contributed by atoms with Crippen LogP contribution in [0.4, 0.5) is 0 Å². The molecule has 6 nitrogen and oxygen atoms in total. The third-order valence-electron chi connectivity index (χ3n) is 6.79. The highest BCUT2D eigenvalue weighted by atomic mass is 31.2. The molecule has 2 aromatic carbocycles. The molecule has 0 aliphatic heterocycles. The van der Waals surface area contributed by atoms with Gasteiger partial charge in [-0.3, -0.25) is 4.79 Å². The number of carboxylic acids is 1. The lowest BCUT2D eigenvalue weighted by molar-refractivity contribution is -0.136. The van der Waals surface area contributed by atoms with Crippen LogP contribution in [0.1, 0.15) is 123 Å². The van der Waals surface area contributed by atoms with Crippen molar-refractivity contribution in [3.8, 4) is 11.5 Å². The molecule has 0 aromatic heterocycles. The van der Waals surface area contributed by atoms with Gasteiger partial charge in [0.15, 0.2) is 0 Å². The van der Waals surface area contributed by atoms with E-state index in [1.807, 2.05) is 95.2 Å². The van der Waals surface area contributed by atoms with Crippen LogP contribution >= 0.6 is 7.60 Å². The quantitative estimate of drug-likeness (QED) is 0.294. The van der Waals surface area contributed by atoms with Gasteiger partial charge in [0.05, 0.1) is 6.16 Å². The molecule has 0 saturated heterocycles. The Morgan fingerprint density at radius 1 is 0.718 bits per heavy atom. The molecule has 0 bridgehead atoms. The number of aromatic hydroxyl groups is 1. The summed E-state index contributed by atoms with van der Waals surface area (Å²) in [5.41, 5.74) is 2.86. The predicted octanol–water partition coefficient (Wildman–Crippen LogP) is 8.36. The van der Waals surface area contributed by atoms with Gasteiger partial charge in [-0.25, -0.2) is 4.57 Å². The Morgan fingerprint density at radius 3 is 1.41 bits per heavy atom. The van der Waals surface area contributed by atoms with E-state index in [4.69, 9.17) is 4.52 Å². The van der Waals surface area contributed by atoms with Crippen molar-refractivity contribution in [2.24, 2.45) is 0 Å². The van der Waals surface area contributed by atoms with Crippen molar-refractivity contribution in [2.45, 2.75) is 124 Å². The van der Waals surface area contributed by atoms with E-state index >= 15 is 0 Å². The van der Waals surface area contributed by atoms with E-state index in [-0.39, 0.29) is 29.2 Å². The Kier molecular flexibility index (Phi) is 9.23.